The van der Waals surface area contributed by atoms with Gasteiger partial charge in [0.05, 0.1) is 4.88 Å². The molecule has 0 atom stereocenters. The number of piperazine rings is 1. The Morgan fingerprint density at radius 2 is 2.10 bits per heavy atom. The molecule has 0 spiro atoms. The summed E-state index contributed by atoms with van der Waals surface area (Å²) in [6, 6.07) is 3.66. The number of nitrogens with zero attached hydrogens (tertiary/aromatic N) is 1. The number of ketones is 1. The van der Waals surface area contributed by atoms with Gasteiger partial charge in [-0.3, -0.25) is 9.59 Å². The smallest absolute Gasteiger partial charge is 0.220 e. The second-order valence-electron chi connectivity index (χ2n) is 5.20. The van der Waals surface area contributed by atoms with Gasteiger partial charge in [0, 0.05) is 45.6 Å². The fourth-order valence-corrected chi connectivity index (χ4v) is 3.04. The lowest BCUT2D eigenvalue weighted by Gasteiger charge is -2.27. The highest BCUT2D eigenvalue weighted by molar-refractivity contribution is 7.12. The summed E-state index contributed by atoms with van der Waals surface area (Å²) >= 11 is 1.43. The van der Waals surface area contributed by atoms with E-state index in [2.05, 4.69) is 15.5 Å². The molecule has 0 aromatic carbocycles. The third kappa shape index (κ3) is 5.95. The molecule has 21 heavy (non-hydrogen) atoms. The Labute approximate surface area is 129 Å². The Kier molecular flexibility index (Phi) is 6.85. The van der Waals surface area contributed by atoms with E-state index in [-0.39, 0.29) is 18.1 Å². The number of rotatable bonds is 8. The number of hydrogen-bond acceptors (Lipinski definition) is 5. The highest BCUT2D eigenvalue weighted by atomic mass is 32.1. The van der Waals surface area contributed by atoms with Crippen LogP contribution in [0.5, 0.6) is 0 Å². The van der Waals surface area contributed by atoms with Crippen molar-refractivity contribution >= 4 is 23.0 Å². The predicted octanol–water partition coefficient (Wildman–Crippen LogP) is 1.12. The van der Waals surface area contributed by atoms with Gasteiger partial charge in [-0.15, -0.1) is 11.3 Å². The third-order valence-electron chi connectivity index (χ3n) is 3.56. The molecule has 116 valence electrons. The van der Waals surface area contributed by atoms with E-state index in [9.17, 15) is 9.59 Å². The summed E-state index contributed by atoms with van der Waals surface area (Å²) in [5.41, 5.74) is 0. The number of Topliss-reactive ketones (excluding diaryl/α,β-unsaturated/α-hetero) is 1. The predicted molar refractivity (Wildman–Crippen MR) is 84.8 cm³/mol. The average molecular weight is 309 g/mol. The van der Waals surface area contributed by atoms with Gasteiger partial charge in [0.25, 0.3) is 0 Å². The number of hydrogen-bond donors (Lipinski definition) is 2. The second kappa shape index (κ2) is 8.92. The van der Waals surface area contributed by atoms with E-state index in [0.29, 0.717) is 13.0 Å². The van der Waals surface area contributed by atoms with Crippen molar-refractivity contribution in [1.29, 1.82) is 0 Å². The van der Waals surface area contributed by atoms with Gasteiger partial charge in [0.1, 0.15) is 0 Å². The Bertz CT molecular complexity index is 442. The van der Waals surface area contributed by atoms with Crippen LogP contribution in [0.2, 0.25) is 0 Å². The lowest BCUT2D eigenvalue weighted by molar-refractivity contribution is -0.121. The number of carbonyl (C=O) groups excluding carboxylic acids is 2. The first-order valence-corrected chi connectivity index (χ1v) is 8.40. The van der Waals surface area contributed by atoms with Crippen molar-refractivity contribution in [2.45, 2.75) is 19.3 Å². The summed E-state index contributed by atoms with van der Waals surface area (Å²) in [4.78, 5) is 26.6. The van der Waals surface area contributed by atoms with Crippen molar-refractivity contribution in [2.75, 3.05) is 39.3 Å². The first-order chi connectivity index (χ1) is 10.3. The molecule has 1 aliphatic rings. The zero-order chi connectivity index (χ0) is 14.9. The molecule has 1 aromatic heterocycles. The maximum atomic E-state index is 11.8. The molecule has 1 amide bonds. The summed E-state index contributed by atoms with van der Waals surface area (Å²) in [6.45, 7) is 5.99. The molecular weight excluding hydrogens is 286 g/mol. The summed E-state index contributed by atoms with van der Waals surface area (Å²) in [5.74, 6) is 0.0289. The van der Waals surface area contributed by atoms with Crippen LogP contribution >= 0.6 is 11.3 Å². The molecule has 2 heterocycles. The molecule has 1 fully saturated rings. The number of carbonyl (C=O) groups is 2. The molecule has 0 radical (unpaired) electrons. The number of amides is 1. The molecule has 5 nitrogen and oxygen atoms in total. The Balaban J connectivity index is 1.52. The molecule has 1 saturated heterocycles. The van der Waals surface area contributed by atoms with E-state index in [0.717, 1.165) is 44.0 Å². The normalized spacial score (nSPS) is 15.8. The van der Waals surface area contributed by atoms with Gasteiger partial charge < -0.3 is 15.5 Å². The molecular formula is C15H23N3O2S. The minimum Gasteiger partial charge on any atom is -0.356 e. The van der Waals surface area contributed by atoms with Gasteiger partial charge >= 0.3 is 0 Å². The van der Waals surface area contributed by atoms with Gasteiger partial charge in [-0.05, 0) is 24.4 Å². The van der Waals surface area contributed by atoms with Crippen molar-refractivity contribution in [3.05, 3.63) is 22.4 Å². The lowest BCUT2D eigenvalue weighted by atomic mass is 10.2. The van der Waals surface area contributed by atoms with Crippen molar-refractivity contribution in [3.63, 3.8) is 0 Å². The number of nitrogens with one attached hydrogen (secondary N) is 2. The molecule has 2 N–H and O–H groups in total. The molecule has 1 aromatic rings. The van der Waals surface area contributed by atoms with Crippen LogP contribution in [-0.4, -0.2) is 55.9 Å². The van der Waals surface area contributed by atoms with Crippen molar-refractivity contribution in [1.82, 2.24) is 15.5 Å². The van der Waals surface area contributed by atoms with Crippen LogP contribution in [-0.2, 0) is 4.79 Å². The van der Waals surface area contributed by atoms with Gasteiger partial charge in [-0.2, -0.15) is 0 Å². The largest absolute Gasteiger partial charge is 0.356 e. The SMILES string of the molecule is O=C(CCC(=O)c1cccs1)NCCCN1CCNCC1. The van der Waals surface area contributed by atoms with Crippen molar-refractivity contribution < 1.29 is 9.59 Å². The van der Waals surface area contributed by atoms with Crippen molar-refractivity contribution in [3.8, 4) is 0 Å². The van der Waals surface area contributed by atoms with Gasteiger partial charge in [0.15, 0.2) is 5.78 Å². The van der Waals surface area contributed by atoms with Crippen LogP contribution in [0.3, 0.4) is 0 Å². The zero-order valence-corrected chi connectivity index (χ0v) is 13.1. The third-order valence-corrected chi connectivity index (χ3v) is 4.47. The van der Waals surface area contributed by atoms with E-state index < -0.39 is 0 Å². The standard InChI is InChI=1S/C15H23N3O2S/c19-13(14-3-1-12-21-14)4-5-15(20)17-6-2-9-18-10-7-16-8-11-18/h1,3,12,16H,2,4-11H2,(H,17,20). The summed E-state index contributed by atoms with van der Waals surface area (Å²) < 4.78 is 0. The maximum absolute atomic E-state index is 11.8. The first kappa shape index (κ1) is 16.1. The second-order valence-corrected chi connectivity index (χ2v) is 6.14. The molecule has 2 rings (SSSR count). The first-order valence-electron chi connectivity index (χ1n) is 7.52. The monoisotopic (exact) mass is 309 g/mol. The Hall–Kier alpha value is -1.24. The van der Waals surface area contributed by atoms with Crippen LogP contribution in [0.4, 0.5) is 0 Å². The Morgan fingerprint density at radius 3 is 2.81 bits per heavy atom. The molecule has 0 saturated carbocycles. The van der Waals surface area contributed by atoms with E-state index >= 15 is 0 Å². The van der Waals surface area contributed by atoms with Crippen LogP contribution < -0.4 is 10.6 Å². The quantitative estimate of drug-likeness (QED) is 0.558. The van der Waals surface area contributed by atoms with E-state index in [1.807, 2.05) is 11.4 Å². The van der Waals surface area contributed by atoms with Gasteiger partial charge in [0.2, 0.25) is 5.91 Å². The fraction of sp³-hybridized carbons (Fsp3) is 0.600. The molecule has 0 unspecified atom stereocenters. The molecule has 0 bridgehead atoms. The molecule has 0 aliphatic carbocycles. The minimum absolute atomic E-state index is 0.0276. The van der Waals surface area contributed by atoms with Crippen LogP contribution in [0.25, 0.3) is 0 Å². The van der Waals surface area contributed by atoms with Gasteiger partial charge in [-0.25, -0.2) is 0 Å². The Morgan fingerprint density at radius 1 is 1.29 bits per heavy atom. The molecule has 1 aliphatic heterocycles. The van der Waals surface area contributed by atoms with Gasteiger partial charge in [-0.1, -0.05) is 6.07 Å². The van der Waals surface area contributed by atoms with E-state index in [1.165, 1.54) is 11.3 Å². The summed E-state index contributed by atoms with van der Waals surface area (Å²) in [6.07, 6.45) is 1.54. The minimum atomic E-state index is -0.0276. The lowest BCUT2D eigenvalue weighted by Crippen LogP contribution is -2.44. The fourth-order valence-electron chi connectivity index (χ4n) is 2.34. The zero-order valence-electron chi connectivity index (χ0n) is 12.3. The van der Waals surface area contributed by atoms with Crippen molar-refractivity contribution in [2.24, 2.45) is 0 Å². The van der Waals surface area contributed by atoms with Crippen LogP contribution in [0, 0.1) is 0 Å². The highest BCUT2D eigenvalue weighted by Gasteiger charge is 2.11. The molecule has 6 heteroatoms. The van der Waals surface area contributed by atoms with Crippen LogP contribution in [0.15, 0.2) is 17.5 Å². The number of thiophene rings is 1. The topological polar surface area (TPSA) is 61.4 Å². The van der Waals surface area contributed by atoms with E-state index in [1.54, 1.807) is 6.07 Å². The highest BCUT2D eigenvalue weighted by Crippen LogP contribution is 2.12. The maximum Gasteiger partial charge on any atom is 0.220 e. The summed E-state index contributed by atoms with van der Waals surface area (Å²) in [5, 5.41) is 8.09. The average Bonchev–Trinajstić information content (AvgIpc) is 3.05. The van der Waals surface area contributed by atoms with Crippen LogP contribution in [0.1, 0.15) is 28.9 Å². The summed E-state index contributed by atoms with van der Waals surface area (Å²) in [7, 11) is 0. The van der Waals surface area contributed by atoms with E-state index in [4.69, 9.17) is 0 Å².